The minimum absolute atomic E-state index is 0. The molecule has 0 bridgehead atoms. The first kappa shape index (κ1) is 28.1. The molecule has 1 aliphatic heterocycles. The number of benzene rings is 3. The first-order chi connectivity index (χ1) is 18.7. The fourth-order valence-corrected chi connectivity index (χ4v) is 5.21. The standard InChI is InChI=1S/C32H33N5O.ClH/c33-20-27-13-15-29(16-14-27)23-37-25-34-21-30(37)24-35(18-7-12-26-8-3-1-4-9-26)31-17-19-36(32(31)38)22-28-10-5-2-6-11-28;/h1-6,8-11,13-16,21,25,31H,7,12,17-19,22-24H2;1H/t31-;/m0./s1. The van der Waals surface area contributed by atoms with Gasteiger partial charge in [-0.3, -0.25) is 9.69 Å². The zero-order chi connectivity index (χ0) is 26.2. The summed E-state index contributed by atoms with van der Waals surface area (Å²) in [7, 11) is 0. The molecule has 3 aromatic carbocycles. The number of rotatable bonds is 11. The number of imidazole rings is 1. The summed E-state index contributed by atoms with van der Waals surface area (Å²) in [5, 5.41) is 9.10. The molecule has 0 N–H and O–H groups in total. The van der Waals surface area contributed by atoms with Gasteiger partial charge in [-0.1, -0.05) is 72.8 Å². The normalized spacial score (nSPS) is 14.8. The third kappa shape index (κ3) is 7.35. The van der Waals surface area contributed by atoms with Gasteiger partial charge in [0.15, 0.2) is 0 Å². The van der Waals surface area contributed by atoms with Gasteiger partial charge in [0.05, 0.1) is 29.7 Å². The molecule has 39 heavy (non-hydrogen) atoms. The maximum atomic E-state index is 13.6. The Morgan fingerprint density at radius 2 is 1.56 bits per heavy atom. The molecule has 2 heterocycles. The molecule has 5 rings (SSSR count). The van der Waals surface area contributed by atoms with E-state index >= 15 is 0 Å². The van der Waals surface area contributed by atoms with E-state index in [0.717, 1.165) is 49.2 Å². The summed E-state index contributed by atoms with van der Waals surface area (Å²) in [4.78, 5) is 22.4. The van der Waals surface area contributed by atoms with Crippen molar-refractivity contribution in [3.63, 3.8) is 0 Å². The van der Waals surface area contributed by atoms with Crippen molar-refractivity contribution in [3.05, 3.63) is 125 Å². The van der Waals surface area contributed by atoms with E-state index in [1.54, 1.807) is 0 Å². The van der Waals surface area contributed by atoms with E-state index in [4.69, 9.17) is 5.26 Å². The molecule has 0 radical (unpaired) electrons. The van der Waals surface area contributed by atoms with Crippen LogP contribution in [0.15, 0.2) is 97.5 Å². The van der Waals surface area contributed by atoms with Crippen LogP contribution in [-0.4, -0.2) is 44.4 Å². The van der Waals surface area contributed by atoms with Gasteiger partial charge >= 0.3 is 0 Å². The zero-order valence-corrected chi connectivity index (χ0v) is 22.8. The molecule has 1 saturated heterocycles. The van der Waals surface area contributed by atoms with Gasteiger partial charge in [-0.2, -0.15) is 5.26 Å². The van der Waals surface area contributed by atoms with Crippen molar-refractivity contribution in [1.29, 1.82) is 5.26 Å². The van der Waals surface area contributed by atoms with Crippen LogP contribution in [-0.2, 0) is 30.8 Å². The molecule has 0 unspecified atom stereocenters. The van der Waals surface area contributed by atoms with Gasteiger partial charge in [-0.15, -0.1) is 12.4 Å². The van der Waals surface area contributed by atoms with Crippen molar-refractivity contribution in [3.8, 4) is 6.07 Å². The summed E-state index contributed by atoms with van der Waals surface area (Å²) in [6.07, 6.45) is 6.57. The molecule has 6 nitrogen and oxygen atoms in total. The highest BCUT2D eigenvalue weighted by atomic mass is 35.5. The Labute approximate surface area is 236 Å². The summed E-state index contributed by atoms with van der Waals surface area (Å²) >= 11 is 0. The molecule has 0 aliphatic carbocycles. The van der Waals surface area contributed by atoms with Gasteiger partial charge in [-0.05, 0) is 54.6 Å². The van der Waals surface area contributed by atoms with Crippen LogP contribution in [0.5, 0.6) is 0 Å². The fourth-order valence-electron chi connectivity index (χ4n) is 5.21. The molecule has 1 aliphatic rings. The van der Waals surface area contributed by atoms with E-state index < -0.39 is 0 Å². The van der Waals surface area contributed by atoms with Crippen molar-refractivity contribution < 1.29 is 4.79 Å². The minimum atomic E-state index is -0.132. The second kappa shape index (κ2) is 13.7. The quantitative estimate of drug-likeness (QED) is 0.254. The molecule has 200 valence electrons. The average Bonchev–Trinajstić information content (AvgIpc) is 3.55. The summed E-state index contributed by atoms with van der Waals surface area (Å²) < 4.78 is 2.15. The van der Waals surface area contributed by atoms with Gasteiger partial charge < -0.3 is 9.47 Å². The average molecular weight is 540 g/mol. The molecule has 4 aromatic rings. The lowest BCUT2D eigenvalue weighted by atomic mass is 10.1. The van der Waals surface area contributed by atoms with E-state index in [1.807, 2.05) is 66.0 Å². The van der Waals surface area contributed by atoms with E-state index in [1.165, 1.54) is 5.56 Å². The lowest BCUT2D eigenvalue weighted by molar-refractivity contribution is -0.132. The number of hydrogen-bond acceptors (Lipinski definition) is 4. The highest BCUT2D eigenvalue weighted by molar-refractivity contribution is 5.85. The Morgan fingerprint density at radius 1 is 0.897 bits per heavy atom. The number of hydrogen-bond donors (Lipinski definition) is 0. The van der Waals surface area contributed by atoms with Crippen LogP contribution in [0.25, 0.3) is 0 Å². The molecule has 7 heteroatoms. The highest BCUT2D eigenvalue weighted by Gasteiger charge is 2.36. The topological polar surface area (TPSA) is 65.2 Å². The highest BCUT2D eigenvalue weighted by Crippen LogP contribution is 2.23. The molecular weight excluding hydrogens is 506 g/mol. The van der Waals surface area contributed by atoms with Crippen LogP contribution in [0, 0.1) is 11.3 Å². The Kier molecular flexibility index (Phi) is 9.91. The predicted octanol–water partition coefficient (Wildman–Crippen LogP) is 5.46. The van der Waals surface area contributed by atoms with Crippen LogP contribution in [0.4, 0.5) is 0 Å². The van der Waals surface area contributed by atoms with E-state index in [9.17, 15) is 4.79 Å². The summed E-state index contributed by atoms with van der Waals surface area (Å²) in [6, 6.07) is 30.5. The minimum Gasteiger partial charge on any atom is -0.337 e. The Balaban J connectivity index is 0.00000353. The van der Waals surface area contributed by atoms with Gasteiger partial charge in [0, 0.05) is 32.4 Å². The number of carbonyl (C=O) groups excluding carboxylic acids is 1. The summed E-state index contributed by atoms with van der Waals surface area (Å²) in [5.74, 6) is 0.215. The number of nitriles is 1. The van der Waals surface area contributed by atoms with Crippen molar-refractivity contribution in [2.75, 3.05) is 13.1 Å². The van der Waals surface area contributed by atoms with Crippen LogP contribution in [0.1, 0.15) is 40.8 Å². The monoisotopic (exact) mass is 539 g/mol. The lowest BCUT2D eigenvalue weighted by Gasteiger charge is -2.28. The van der Waals surface area contributed by atoms with Gasteiger partial charge in [0.2, 0.25) is 5.91 Å². The third-order valence-corrected chi connectivity index (χ3v) is 7.28. The number of aromatic nitrogens is 2. The number of likely N-dealkylation sites (tertiary alicyclic amines) is 1. The number of aryl methyl sites for hydroxylation is 1. The first-order valence-corrected chi connectivity index (χ1v) is 13.3. The second-order valence-corrected chi connectivity index (χ2v) is 9.93. The van der Waals surface area contributed by atoms with Gasteiger partial charge in [-0.25, -0.2) is 4.98 Å². The number of nitrogens with zero attached hydrogens (tertiary/aromatic N) is 5. The number of halogens is 1. The van der Waals surface area contributed by atoms with Crippen LogP contribution >= 0.6 is 12.4 Å². The maximum absolute atomic E-state index is 13.6. The van der Waals surface area contributed by atoms with Crippen LogP contribution in [0.2, 0.25) is 0 Å². The summed E-state index contributed by atoms with van der Waals surface area (Å²) in [5.41, 5.74) is 5.34. The maximum Gasteiger partial charge on any atom is 0.240 e. The Bertz CT molecular complexity index is 1370. The Morgan fingerprint density at radius 3 is 2.26 bits per heavy atom. The molecule has 1 atom stereocenters. The lowest BCUT2D eigenvalue weighted by Crippen LogP contribution is -2.42. The molecule has 0 saturated carbocycles. The van der Waals surface area contributed by atoms with Crippen LogP contribution < -0.4 is 0 Å². The largest absolute Gasteiger partial charge is 0.337 e. The van der Waals surface area contributed by atoms with Gasteiger partial charge in [0.1, 0.15) is 0 Å². The fraction of sp³-hybridized carbons (Fsp3) is 0.281. The van der Waals surface area contributed by atoms with Crippen molar-refractivity contribution >= 4 is 18.3 Å². The number of amides is 1. The van der Waals surface area contributed by atoms with E-state index in [-0.39, 0.29) is 24.4 Å². The number of carbonyl (C=O) groups is 1. The zero-order valence-electron chi connectivity index (χ0n) is 22.0. The summed E-state index contributed by atoms with van der Waals surface area (Å²) in [6.45, 7) is 3.62. The van der Waals surface area contributed by atoms with Crippen molar-refractivity contribution in [2.24, 2.45) is 0 Å². The van der Waals surface area contributed by atoms with Crippen molar-refractivity contribution in [1.82, 2.24) is 19.4 Å². The first-order valence-electron chi connectivity index (χ1n) is 13.3. The van der Waals surface area contributed by atoms with Crippen LogP contribution in [0.3, 0.4) is 0 Å². The molecule has 1 fully saturated rings. The van der Waals surface area contributed by atoms with Gasteiger partial charge in [0.25, 0.3) is 0 Å². The second-order valence-electron chi connectivity index (χ2n) is 9.93. The van der Waals surface area contributed by atoms with E-state index in [2.05, 4.69) is 56.9 Å². The molecular formula is C32H34ClN5O. The molecule has 1 amide bonds. The predicted molar refractivity (Wildman–Crippen MR) is 155 cm³/mol. The van der Waals surface area contributed by atoms with Crippen molar-refractivity contribution in [2.45, 2.75) is 44.9 Å². The molecule has 0 spiro atoms. The Hall–Kier alpha value is -3.92. The SMILES string of the molecule is Cl.N#Cc1ccc(Cn2cncc2CN(CCCc2ccccc2)[C@H]2CCN(Cc3ccccc3)C2=O)cc1. The molecule has 1 aromatic heterocycles. The van der Waals surface area contributed by atoms with E-state index in [0.29, 0.717) is 25.2 Å². The smallest absolute Gasteiger partial charge is 0.240 e. The third-order valence-electron chi connectivity index (χ3n) is 7.28.